The first-order chi connectivity index (χ1) is 11.4. The molecule has 1 aromatic heterocycles. The molecular formula is C15H17N3O5S. The van der Waals surface area contributed by atoms with Crippen LogP contribution in [0.3, 0.4) is 0 Å². The SMILES string of the molecule is COc1cc(OC)c(-c2cc(=O)[nH]c(=S)n2CC(N)=O)cc1OC. The summed E-state index contributed by atoms with van der Waals surface area (Å²) in [6.45, 7) is -0.192. The first-order valence-electron chi connectivity index (χ1n) is 6.84. The number of hydrogen-bond acceptors (Lipinski definition) is 6. The smallest absolute Gasteiger partial charge is 0.252 e. The van der Waals surface area contributed by atoms with Crippen LogP contribution in [0.2, 0.25) is 0 Å². The number of nitrogens with two attached hydrogens (primary N) is 1. The normalized spacial score (nSPS) is 10.3. The molecule has 24 heavy (non-hydrogen) atoms. The fraction of sp³-hybridized carbons (Fsp3) is 0.267. The zero-order valence-electron chi connectivity index (χ0n) is 13.4. The lowest BCUT2D eigenvalue weighted by Crippen LogP contribution is -2.23. The molecule has 1 aromatic carbocycles. The van der Waals surface area contributed by atoms with Crippen molar-refractivity contribution >= 4 is 18.1 Å². The number of nitrogens with one attached hydrogen (secondary N) is 1. The average molecular weight is 351 g/mol. The lowest BCUT2D eigenvalue weighted by atomic mass is 10.1. The molecule has 0 bridgehead atoms. The maximum atomic E-state index is 11.9. The lowest BCUT2D eigenvalue weighted by Gasteiger charge is -2.17. The molecule has 0 aliphatic heterocycles. The number of primary amides is 1. The van der Waals surface area contributed by atoms with Gasteiger partial charge in [0.15, 0.2) is 16.3 Å². The number of aromatic nitrogens is 2. The van der Waals surface area contributed by atoms with Crippen molar-refractivity contribution in [2.45, 2.75) is 6.54 Å². The molecular weight excluding hydrogens is 334 g/mol. The third-order valence-electron chi connectivity index (χ3n) is 3.33. The summed E-state index contributed by atoms with van der Waals surface area (Å²) in [6.07, 6.45) is 0. The predicted molar refractivity (Wildman–Crippen MR) is 90.2 cm³/mol. The molecule has 0 saturated carbocycles. The highest BCUT2D eigenvalue weighted by molar-refractivity contribution is 7.71. The Balaban J connectivity index is 2.82. The van der Waals surface area contributed by atoms with Gasteiger partial charge in [-0.15, -0.1) is 0 Å². The van der Waals surface area contributed by atoms with E-state index in [4.69, 9.17) is 32.2 Å². The summed E-state index contributed by atoms with van der Waals surface area (Å²) in [6, 6.07) is 4.56. The van der Waals surface area contributed by atoms with Crippen LogP contribution in [-0.2, 0) is 11.3 Å². The van der Waals surface area contributed by atoms with Crippen molar-refractivity contribution in [2.75, 3.05) is 21.3 Å². The van der Waals surface area contributed by atoms with Gasteiger partial charge in [-0.3, -0.25) is 14.6 Å². The van der Waals surface area contributed by atoms with Crippen molar-refractivity contribution in [1.29, 1.82) is 0 Å². The minimum atomic E-state index is -0.598. The quantitative estimate of drug-likeness (QED) is 0.754. The van der Waals surface area contributed by atoms with E-state index in [1.54, 1.807) is 12.1 Å². The summed E-state index contributed by atoms with van der Waals surface area (Å²) >= 11 is 5.14. The van der Waals surface area contributed by atoms with Crippen molar-refractivity contribution < 1.29 is 19.0 Å². The fourth-order valence-corrected chi connectivity index (χ4v) is 2.55. The van der Waals surface area contributed by atoms with Crippen molar-refractivity contribution in [1.82, 2.24) is 9.55 Å². The Morgan fingerprint density at radius 2 is 1.71 bits per heavy atom. The van der Waals surface area contributed by atoms with Gasteiger partial charge in [-0.2, -0.15) is 0 Å². The molecule has 0 aliphatic carbocycles. The number of hydrogen-bond donors (Lipinski definition) is 2. The summed E-state index contributed by atoms with van der Waals surface area (Å²) in [5.41, 5.74) is 5.75. The molecule has 3 N–H and O–H groups in total. The molecule has 0 atom stereocenters. The van der Waals surface area contributed by atoms with Gasteiger partial charge in [0, 0.05) is 17.7 Å². The third kappa shape index (κ3) is 3.40. The van der Waals surface area contributed by atoms with Gasteiger partial charge in [-0.05, 0) is 18.3 Å². The molecule has 0 unspecified atom stereocenters. The first kappa shape index (κ1) is 17.5. The van der Waals surface area contributed by atoms with Crippen molar-refractivity contribution in [3.8, 4) is 28.5 Å². The minimum Gasteiger partial charge on any atom is -0.496 e. The highest BCUT2D eigenvalue weighted by atomic mass is 32.1. The van der Waals surface area contributed by atoms with E-state index in [9.17, 15) is 9.59 Å². The van der Waals surface area contributed by atoms with Gasteiger partial charge >= 0.3 is 0 Å². The second kappa shape index (κ2) is 7.18. The number of benzene rings is 1. The molecule has 0 saturated heterocycles. The number of carbonyl (C=O) groups excluding carboxylic acids is 1. The number of rotatable bonds is 6. The monoisotopic (exact) mass is 351 g/mol. The van der Waals surface area contributed by atoms with Crippen LogP contribution >= 0.6 is 12.2 Å². The standard InChI is InChI=1S/C15H17N3O5S/c1-21-10-6-12(23-3)11(22-2)4-8(10)9-5-14(20)17-15(24)18(9)7-13(16)19/h4-6H,7H2,1-3H3,(H2,16,19)(H,17,20,24). The number of H-pyrrole nitrogens is 1. The summed E-state index contributed by atoms with van der Waals surface area (Å²) in [5.74, 6) is 0.720. The molecule has 0 spiro atoms. The Bertz CT molecular complexity index is 888. The molecule has 128 valence electrons. The Morgan fingerprint density at radius 3 is 2.25 bits per heavy atom. The Hall–Kier alpha value is -2.81. The highest BCUT2D eigenvalue weighted by Crippen LogP contribution is 2.39. The second-order valence-corrected chi connectivity index (χ2v) is 5.17. The van der Waals surface area contributed by atoms with Gasteiger partial charge in [0.2, 0.25) is 5.91 Å². The van der Waals surface area contributed by atoms with Gasteiger partial charge in [-0.1, -0.05) is 0 Å². The van der Waals surface area contributed by atoms with Gasteiger partial charge in [0.1, 0.15) is 12.3 Å². The number of ether oxygens (including phenoxy) is 3. The Kier molecular flexibility index (Phi) is 5.24. The van der Waals surface area contributed by atoms with Crippen LogP contribution in [0.15, 0.2) is 23.0 Å². The van der Waals surface area contributed by atoms with Crippen LogP contribution in [-0.4, -0.2) is 36.8 Å². The van der Waals surface area contributed by atoms with Crippen molar-refractivity contribution in [2.24, 2.45) is 5.73 Å². The van der Waals surface area contributed by atoms with E-state index in [-0.39, 0.29) is 11.3 Å². The number of nitrogens with zero attached hydrogens (tertiary/aromatic N) is 1. The number of amides is 1. The molecule has 2 rings (SSSR count). The topological polar surface area (TPSA) is 109 Å². The molecule has 8 nitrogen and oxygen atoms in total. The zero-order valence-corrected chi connectivity index (χ0v) is 14.2. The maximum Gasteiger partial charge on any atom is 0.252 e. The highest BCUT2D eigenvalue weighted by Gasteiger charge is 2.17. The van der Waals surface area contributed by atoms with E-state index >= 15 is 0 Å². The van der Waals surface area contributed by atoms with E-state index in [1.165, 1.54) is 32.0 Å². The van der Waals surface area contributed by atoms with E-state index in [0.29, 0.717) is 28.5 Å². The zero-order chi connectivity index (χ0) is 17.9. The van der Waals surface area contributed by atoms with E-state index < -0.39 is 11.5 Å². The first-order valence-corrected chi connectivity index (χ1v) is 7.25. The van der Waals surface area contributed by atoms with Gasteiger partial charge in [0.25, 0.3) is 5.56 Å². The average Bonchev–Trinajstić information content (AvgIpc) is 2.55. The molecule has 1 amide bonds. The largest absolute Gasteiger partial charge is 0.496 e. The molecule has 0 radical (unpaired) electrons. The molecule has 1 heterocycles. The van der Waals surface area contributed by atoms with E-state index in [0.717, 1.165) is 0 Å². The number of carbonyl (C=O) groups is 1. The van der Waals surface area contributed by atoms with Gasteiger partial charge in [-0.25, -0.2) is 0 Å². The number of aromatic amines is 1. The molecule has 0 aliphatic rings. The third-order valence-corrected chi connectivity index (χ3v) is 3.65. The van der Waals surface area contributed by atoms with Crippen molar-refractivity contribution in [3.63, 3.8) is 0 Å². The van der Waals surface area contributed by atoms with Crippen LogP contribution in [0, 0.1) is 4.77 Å². The molecule has 2 aromatic rings. The summed E-state index contributed by atoms with van der Waals surface area (Å²) < 4.78 is 17.4. The van der Waals surface area contributed by atoms with Crippen LogP contribution in [0.5, 0.6) is 17.2 Å². The summed E-state index contributed by atoms with van der Waals surface area (Å²) in [7, 11) is 4.46. The minimum absolute atomic E-state index is 0.0770. The summed E-state index contributed by atoms with van der Waals surface area (Å²) in [5, 5.41) is 0. The van der Waals surface area contributed by atoms with Crippen LogP contribution in [0.25, 0.3) is 11.3 Å². The Labute approximate surface area is 142 Å². The molecule has 9 heteroatoms. The molecule has 0 fully saturated rings. The van der Waals surface area contributed by atoms with Crippen LogP contribution in [0.4, 0.5) is 0 Å². The van der Waals surface area contributed by atoms with Crippen LogP contribution < -0.4 is 25.5 Å². The lowest BCUT2D eigenvalue weighted by molar-refractivity contribution is -0.118. The Morgan fingerprint density at radius 1 is 1.12 bits per heavy atom. The van der Waals surface area contributed by atoms with E-state index in [1.807, 2.05) is 0 Å². The predicted octanol–water partition coefficient (Wildman–Crippen LogP) is 1.08. The maximum absolute atomic E-state index is 11.9. The fourth-order valence-electron chi connectivity index (χ4n) is 2.29. The second-order valence-electron chi connectivity index (χ2n) is 4.78. The summed E-state index contributed by atoms with van der Waals surface area (Å²) in [4.78, 5) is 25.7. The number of methoxy groups -OCH3 is 3. The van der Waals surface area contributed by atoms with Crippen LogP contribution in [0.1, 0.15) is 0 Å². The van der Waals surface area contributed by atoms with Gasteiger partial charge < -0.3 is 24.5 Å². The van der Waals surface area contributed by atoms with Gasteiger partial charge in [0.05, 0.1) is 27.0 Å². The van der Waals surface area contributed by atoms with E-state index in [2.05, 4.69) is 4.98 Å². The van der Waals surface area contributed by atoms with Crippen molar-refractivity contribution in [3.05, 3.63) is 33.3 Å².